The van der Waals surface area contributed by atoms with Crippen LogP contribution >= 0.6 is 0 Å². The lowest BCUT2D eigenvalue weighted by molar-refractivity contribution is -0.126. The first kappa shape index (κ1) is 15.0. The van der Waals surface area contributed by atoms with Crippen molar-refractivity contribution in [3.63, 3.8) is 0 Å². The fraction of sp³-hybridized carbons (Fsp3) is 0.400. The molecule has 1 atom stereocenters. The Morgan fingerprint density at radius 2 is 2.19 bits per heavy atom. The van der Waals surface area contributed by atoms with Gasteiger partial charge >= 0.3 is 0 Å². The summed E-state index contributed by atoms with van der Waals surface area (Å²) in [6, 6.07) is 6.80. The van der Waals surface area contributed by atoms with Crippen LogP contribution in [0.3, 0.4) is 0 Å². The van der Waals surface area contributed by atoms with Gasteiger partial charge in [0.1, 0.15) is 0 Å². The molecular formula is C15H19N3O3. The number of carbonyl (C=O) groups is 3. The van der Waals surface area contributed by atoms with Gasteiger partial charge in [0.05, 0.1) is 5.92 Å². The minimum absolute atomic E-state index is 0.0164. The first-order chi connectivity index (χ1) is 10.1. The van der Waals surface area contributed by atoms with Crippen LogP contribution in [0.4, 0.5) is 5.69 Å². The van der Waals surface area contributed by atoms with Crippen molar-refractivity contribution in [3.8, 4) is 0 Å². The van der Waals surface area contributed by atoms with Crippen LogP contribution in [-0.4, -0.2) is 30.8 Å². The summed E-state index contributed by atoms with van der Waals surface area (Å²) in [6.07, 6.45) is 0.921. The average Bonchev–Trinajstić information content (AvgIpc) is 2.48. The van der Waals surface area contributed by atoms with Gasteiger partial charge in [-0.05, 0) is 31.5 Å². The SMILES string of the molecule is CCNC(=O)c1cccc(NC(=O)C2CCC(=O)NC2)c1. The maximum Gasteiger partial charge on any atom is 0.251 e. The highest BCUT2D eigenvalue weighted by Crippen LogP contribution is 2.16. The van der Waals surface area contributed by atoms with E-state index in [1.807, 2.05) is 6.92 Å². The van der Waals surface area contributed by atoms with Gasteiger partial charge in [-0.25, -0.2) is 0 Å². The molecule has 1 fully saturated rings. The number of hydrogen-bond donors (Lipinski definition) is 3. The fourth-order valence-corrected chi connectivity index (χ4v) is 2.20. The van der Waals surface area contributed by atoms with Gasteiger partial charge < -0.3 is 16.0 Å². The van der Waals surface area contributed by atoms with Crippen LogP contribution in [0.5, 0.6) is 0 Å². The van der Waals surface area contributed by atoms with Crippen LogP contribution in [0, 0.1) is 5.92 Å². The minimum Gasteiger partial charge on any atom is -0.355 e. The lowest BCUT2D eigenvalue weighted by Gasteiger charge is -2.21. The third kappa shape index (κ3) is 4.05. The molecular weight excluding hydrogens is 270 g/mol. The molecule has 6 nitrogen and oxygen atoms in total. The summed E-state index contributed by atoms with van der Waals surface area (Å²) in [5.41, 5.74) is 1.09. The maximum atomic E-state index is 12.1. The molecule has 1 saturated heterocycles. The monoisotopic (exact) mass is 289 g/mol. The second-order valence-corrected chi connectivity index (χ2v) is 4.97. The van der Waals surface area contributed by atoms with E-state index in [9.17, 15) is 14.4 Å². The van der Waals surface area contributed by atoms with Crippen LogP contribution < -0.4 is 16.0 Å². The molecule has 1 aliphatic rings. The van der Waals surface area contributed by atoms with Gasteiger partial charge in [-0.1, -0.05) is 6.07 Å². The summed E-state index contributed by atoms with van der Waals surface area (Å²) in [7, 11) is 0. The molecule has 1 aliphatic heterocycles. The fourth-order valence-electron chi connectivity index (χ4n) is 2.20. The Balaban J connectivity index is 1.99. The van der Waals surface area contributed by atoms with E-state index in [4.69, 9.17) is 0 Å². The Morgan fingerprint density at radius 3 is 2.86 bits per heavy atom. The molecule has 0 radical (unpaired) electrons. The third-order valence-electron chi connectivity index (χ3n) is 3.37. The summed E-state index contributed by atoms with van der Waals surface area (Å²) >= 11 is 0. The van der Waals surface area contributed by atoms with Gasteiger partial charge in [0.15, 0.2) is 0 Å². The van der Waals surface area contributed by atoms with Gasteiger partial charge in [-0.15, -0.1) is 0 Å². The number of piperidine rings is 1. The van der Waals surface area contributed by atoms with Crippen LogP contribution in [0.25, 0.3) is 0 Å². The normalized spacial score (nSPS) is 17.8. The zero-order valence-corrected chi connectivity index (χ0v) is 11.9. The molecule has 3 N–H and O–H groups in total. The molecule has 0 spiro atoms. The molecule has 0 aliphatic carbocycles. The molecule has 1 aromatic rings. The van der Waals surface area contributed by atoms with Crippen molar-refractivity contribution in [2.45, 2.75) is 19.8 Å². The highest BCUT2D eigenvalue weighted by molar-refractivity contribution is 5.98. The van der Waals surface area contributed by atoms with Crippen molar-refractivity contribution in [1.82, 2.24) is 10.6 Å². The number of hydrogen-bond acceptors (Lipinski definition) is 3. The van der Waals surface area contributed by atoms with E-state index in [0.29, 0.717) is 37.2 Å². The molecule has 1 unspecified atom stereocenters. The Kier molecular flexibility index (Phi) is 4.92. The average molecular weight is 289 g/mol. The summed E-state index contributed by atoms with van der Waals surface area (Å²) in [4.78, 5) is 35.0. The molecule has 3 amide bonds. The summed E-state index contributed by atoms with van der Waals surface area (Å²) in [5, 5.41) is 8.19. The summed E-state index contributed by atoms with van der Waals surface area (Å²) < 4.78 is 0. The predicted octanol–water partition coefficient (Wildman–Crippen LogP) is 0.901. The van der Waals surface area contributed by atoms with Gasteiger partial charge in [-0.2, -0.15) is 0 Å². The van der Waals surface area contributed by atoms with E-state index in [2.05, 4.69) is 16.0 Å². The maximum absolute atomic E-state index is 12.1. The van der Waals surface area contributed by atoms with Gasteiger partial charge in [0.2, 0.25) is 11.8 Å². The van der Waals surface area contributed by atoms with Crippen LogP contribution in [0.1, 0.15) is 30.1 Å². The van der Waals surface area contributed by atoms with Crippen LogP contribution in [-0.2, 0) is 9.59 Å². The highest BCUT2D eigenvalue weighted by Gasteiger charge is 2.24. The topological polar surface area (TPSA) is 87.3 Å². The summed E-state index contributed by atoms with van der Waals surface area (Å²) in [6.45, 7) is 2.76. The molecule has 0 saturated carbocycles. The van der Waals surface area contributed by atoms with Crippen LogP contribution in [0.15, 0.2) is 24.3 Å². The van der Waals surface area contributed by atoms with Crippen molar-refractivity contribution in [2.24, 2.45) is 5.92 Å². The standard InChI is InChI=1S/C15H19N3O3/c1-2-16-14(20)10-4-3-5-12(8-10)18-15(21)11-6-7-13(19)17-9-11/h3-5,8,11H,2,6-7,9H2,1H3,(H,16,20)(H,17,19)(H,18,21). The number of amides is 3. The Morgan fingerprint density at radius 1 is 1.38 bits per heavy atom. The van der Waals surface area contributed by atoms with Crippen molar-refractivity contribution in [2.75, 3.05) is 18.4 Å². The molecule has 1 aromatic carbocycles. The molecule has 6 heteroatoms. The lowest BCUT2D eigenvalue weighted by atomic mass is 9.98. The highest BCUT2D eigenvalue weighted by atomic mass is 16.2. The van der Waals surface area contributed by atoms with Crippen molar-refractivity contribution in [3.05, 3.63) is 29.8 Å². The number of anilines is 1. The minimum atomic E-state index is -0.226. The molecule has 0 bridgehead atoms. The Hall–Kier alpha value is -2.37. The number of nitrogens with one attached hydrogen (secondary N) is 3. The largest absolute Gasteiger partial charge is 0.355 e. The Labute approximate surface area is 123 Å². The molecule has 1 heterocycles. The molecule has 112 valence electrons. The van der Waals surface area contributed by atoms with E-state index in [-0.39, 0.29) is 23.6 Å². The van der Waals surface area contributed by atoms with Gasteiger partial charge in [-0.3, -0.25) is 14.4 Å². The van der Waals surface area contributed by atoms with Gasteiger partial charge in [0.25, 0.3) is 5.91 Å². The van der Waals surface area contributed by atoms with E-state index >= 15 is 0 Å². The molecule has 0 aromatic heterocycles. The quantitative estimate of drug-likeness (QED) is 0.769. The first-order valence-electron chi connectivity index (χ1n) is 7.06. The number of benzene rings is 1. The van der Waals surface area contributed by atoms with Crippen molar-refractivity contribution >= 4 is 23.4 Å². The van der Waals surface area contributed by atoms with E-state index in [1.165, 1.54) is 0 Å². The Bertz CT molecular complexity index is 547. The van der Waals surface area contributed by atoms with E-state index < -0.39 is 0 Å². The zero-order chi connectivity index (χ0) is 15.2. The predicted molar refractivity (Wildman–Crippen MR) is 78.8 cm³/mol. The number of carbonyl (C=O) groups excluding carboxylic acids is 3. The molecule has 21 heavy (non-hydrogen) atoms. The summed E-state index contributed by atoms with van der Waals surface area (Å²) in [5.74, 6) is -0.547. The van der Waals surface area contributed by atoms with E-state index in [0.717, 1.165) is 0 Å². The first-order valence-corrected chi connectivity index (χ1v) is 7.06. The third-order valence-corrected chi connectivity index (χ3v) is 3.37. The van der Waals surface area contributed by atoms with Crippen molar-refractivity contribution in [1.29, 1.82) is 0 Å². The lowest BCUT2D eigenvalue weighted by Crippen LogP contribution is -2.40. The smallest absolute Gasteiger partial charge is 0.251 e. The number of rotatable bonds is 4. The van der Waals surface area contributed by atoms with Crippen molar-refractivity contribution < 1.29 is 14.4 Å². The second kappa shape index (κ2) is 6.88. The van der Waals surface area contributed by atoms with Gasteiger partial charge in [0, 0.05) is 30.8 Å². The molecule has 2 rings (SSSR count). The zero-order valence-electron chi connectivity index (χ0n) is 11.9. The second-order valence-electron chi connectivity index (χ2n) is 4.97. The van der Waals surface area contributed by atoms with Crippen LogP contribution in [0.2, 0.25) is 0 Å². The van der Waals surface area contributed by atoms with E-state index in [1.54, 1.807) is 24.3 Å².